The molecule has 0 saturated heterocycles. The van der Waals surface area contributed by atoms with Crippen LogP contribution in [0.5, 0.6) is 0 Å². The second-order valence-corrected chi connectivity index (χ2v) is 7.35. The summed E-state index contributed by atoms with van der Waals surface area (Å²) >= 11 is 1.73. The summed E-state index contributed by atoms with van der Waals surface area (Å²) in [7, 11) is -3.15. The first-order valence-corrected chi connectivity index (χ1v) is 8.72. The minimum atomic E-state index is -3.15. The Morgan fingerprint density at radius 2 is 1.79 bits per heavy atom. The number of rotatable bonds is 7. The van der Waals surface area contributed by atoms with Crippen molar-refractivity contribution < 1.29 is 8.42 Å². The molecule has 0 atom stereocenters. The summed E-state index contributed by atoms with van der Waals surface area (Å²) in [6.45, 7) is 1.30. The summed E-state index contributed by atoms with van der Waals surface area (Å²) in [6, 6.07) is 12.7. The van der Waals surface area contributed by atoms with E-state index < -0.39 is 9.84 Å². The summed E-state index contributed by atoms with van der Waals surface area (Å²) in [5.74, 6) is 0.140. The molecule has 0 fully saturated rings. The first-order chi connectivity index (χ1) is 9.18. The van der Waals surface area contributed by atoms with Crippen LogP contribution in [0.3, 0.4) is 0 Å². The standard InChI is InChI=1S/C14H17NO2S2/c16-19(17,14-6-2-1-3-7-14)12-10-15-9-8-13-5-4-11-18-13/h1-7,11,15H,8-10,12H2. The molecule has 0 radical (unpaired) electrons. The number of nitrogens with one attached hydrogen (secondary N) is 1. The highest BCUT2D eigenvalue weighted by atomic mass is 32.2. The lowest BCUT2D eigenvalue weighted by Crippen LogP contribution is -2.24. The number of benzene rings is 1. The zero-order valence-electron chi connectivity index (χ0n) is 10.6. The molecule has 1 aromatic heterocycles. The zero-order chi connectivity index (χ0) is 13.6. The maximum atomic E-state index is 12.0. The van der Waals surface area contributed by atoms with E-state index >= 15 is 0 Å². The Morgan fingerprint density at radius 1 is 1.00 bits per heavy atom. The summed E-state index contributed by atoms with van der Waals surface area (Å²) in [4.78, 5) is 1.72. The van der Waals surface area contributed by atoms with Crippen LogP contribution in [-0.2, 0) is 16.3 Å². The molecular weight excluding hydrogens is 278 g/mol. The van der Waals surface area contributed by atoms with E-state index in [4.69, 9.17) is 0 Å². The molecule has 2 rings (SSSR count). The van der Waals surface area contributed by atoms with Gasteiger partial charge in [-0.3, -0.25) is 0 Å². The molecule has 1 heterocycles. The van der Waals surface area contributed by atoms with Gasteiger partial charge in [0.25, 0.3) is 0 Å². The van der Waals surface area contributed by atoms with Crippen LogP contribution in [0.4, 0.5) is 0 Å². The molecule has 0 aliphatic heterocycles. The van der Waals surface area contributed by atoms with Gasteiger partial charge in [-0.25, -0.2) is 8.42 Å². The van der Waals surface area contributed by atoms with Gasteiger partial charge in [0, 0.05) is 11.4 Å². The largest absolute Gasteiger partial charge is 0.315 e. The van der Waals surface area contributed by atoms with Gasteiger partial charge in [-0.1, -0.05) is 24.3 Å². The lowest BCUT2D eigenvalue weighted by molar-refractivity contribution is 0.591. The van der Waals surface area contributed by atoms with Gasteiger partial charge in [0.2, 0.25) is 0 Å². The molecule has 0 saturated carbocycles. The zero-order valence-corrected chi connectivity index (χ0v) is 12.2. The lowest BCUT2D eigenvalue weighted by Gasteiger charge is -2.05. The molecule has 0 amide bonds. The first-order valence-electron chi connectivity index (χ1n) is 6.19. The molecule has 0 bridgehead atoms. The highest BCUT2D eigenvalue weighted by Gasteiger charge is 2.12. The Kier molecular flexibility index (Phi) is 5.13. The van der Waals surface area contributed by atoms with Crippen LogP contribution >= 0.6 is 11.3 Å². The van der Waals surface area contributed by atoms with Crippen molar-refractivity contribution in [3.8, 4) is 0 Å². The van der Waals surface area contributed by atoms with Crippen LogP contribution < -0.4 is 5.32 Å². The number of thiophene rings is 1. The van der Waals surface area contributed by atoms with Gasteiger partial charge >= 0.3 is 0 Å². The van der Waals surface area contributed by atoms with Gasteiger partial charge in [-0.2, -0.15) is 0 Å². The van der Waals surface area contributed by atoms with Crippen molar-refractivity contribution in [2.45, 2.75) is 11.3 Å². The minimum absolute atomic E-state index is 0.140. The fraction of sp³-hybridized carbons (Fsp3) is 0.286. The van der Waals surface area contributed by atoms with E-state index in [1.165, 1.54) is 4.88 Å². The summed E-state index contributed by atoms with van der Waals surface area (Å²) in [6.07, 6.45) is 0.947. The van der Waals surface area contributed by atoms with E-state index in [1.54, 1.807) is 35.6 Å². The van der Waals surface area contributed by atoms with Gasteiger partial charge < -0.3 is 5.32 Å². The average Bonchev–Trinajstić information content (AvgIpc) is 2.92. The fourth-order valence-corrected chi connectivity index (χ4v) is 3.67. The van der Waals surface area contributed by atoms with Crippen molar-refractivity contribution in [2.24, 2.45) is 0 Å². The topological polar surface area (TPSA) is 46.2 Å². The van der Waals surface area contributed by atoms with Crippen LogP contribution in [0, 0.1) is 0 Å². The first kappa shape index (κ1) is 14.2. The normalized spacial score (nSPS) is 11.6. The van der Waals surface area contributed by atoms with Crippen molar-refractivity contribution in [1.82, 2.24) is 5.32 Å². The van der Waals surface area contributed by atoms with Crippen LogP contribution in [0.25, 0.3) is 0 Å². The molecule has 0 aliphatic rings. The Labute approximate surface area is 118 Å². The molecule has 19 heavy (non-hydrogen) atoms. The van der Waals surface area contributed by atoms with Gasteiger partial charge in [0.05, 0.1) is 10.6 Å². The lowest BCUT2D eigenvalue weighted by atomic mass is 10.3. The van der Waals surface area contributed by atoms with Gasteiger partial charge in [-0.05, 0) is 36.5 Å². The predicted octanol–water partition coefficient (Wildman–Crippen LogP) is 2.35. The molecule has 3 nitrogen and oxygen atoms in total. The molecule has 5 heteroatoms. The van der Waals surface area contributed by atoms with Crippen molar-refractivity contribution in [3.05, 3.63) is 52.7 Å². The van der Waals surface area contributed by atoms with Gasteiger partial charge in [0.15, 0.2) is 9.84 Å². The summed E-state index contributed by atoms with van der Waals surface area (Å²) in [5, 5.41) is 5.23. The maximum Gasteiger partial charge on any atom is 0.179 e. The van der Waals surface area contributed by atoms with E-state index in [-0.39, 0.29) is 5.75 Å². The number of hydrogen-bond acceptors (Lipinski definition) is 4. The molecule has 0 aliphatic carbocycles. The summed E-state index contributed by atoms with van der Waals surface area (Å²) in [5.41, 5.74) is 0. The third kappa shape index (κ3) is 4.45. The van der Waals surface area contributed by atoms with E-state index in [0.717, 1.165) is 13.0 Å². The highest BCUT2D eigenvalue weighted by molar-refractivity contribution is 7.91. The fourth-order valence-electron chi connectivity index (χ4n) is 1.74. The van der Waals surface area contributed by atoms with E-state index in [2.05, 4.69) is 16.8 Å². The molecule has 1 aromatic carbocycles. The Morgan fingerprint density at radius 3 is 2.47 bits per heavy atom. The number of sulfone groups is 1. The van der Waals surface area contributed by atoms with Crippen molar-refractivity contribution in [3.63, 3.8) is 0 Å². The Balaban J connectivity index is 1.73. The molecule has 0 spiro atoms. The SMILES string of the molecule is O=S(=O)(CCNCCc1cccs1)c1ccccc1. The van der Waals surface area contributed by atoms with Gasteiger partial charge in [0.1, 0.15) is 0 Å². The third-order valence-electron chi connectivity index (χ3n) is 2.78. The van der Waals surface area contributed by atoms with Crippen LogP contribution in [-0.4, -0.2) is 27.3 Å². The number of hydrogen-bond donors (Lipinski definition) is 1. The average molecular weight is 295 g/mol. The summed E-state index contributed by atoms with van der Waals surface area (Å²) < 4.78 is 24.0. The maximum absolute atomic E-state index is 12.0. The molecule has 102 valence electrons. The van der Waals surface area contributed by atoms with E-state index in [0.29, 0.717) is 11.4 Å². The molecule has 0 unspecified atom stereocenters. The second kappa shape index (κ2) is 6.84. The van der Waals surface area contributed by atoms with E-state index in [1.807, 2.05) is 12.1 Å². The van der Waals surface area contributed by atoms with E-state index in [9.17, 15) is 8.42 Å². The van der Waals surface area contributed by atoms with Crippen molar-refractivity contribution >= 4 is 21.2 Å². The third-order valence-corrected chi connectivity index (χ3v) is 5.45. The van der Waals surface area contributed by atoms with Crippen LogP contribution in [0.15, 0.2) is 52.7 Å². The van der Waals surface area contributed by atoms with Crippen molar-refractivity contribution in [1.29, 1.82) is 0 Å². The van der Waals surface area contributed by atoms with Gasteiger partial charge in [-0.15, -0.1) is 11.3 Å². The predicted molar refractivity (Wildman–Crippen MR) is 79.4 cm³/mol. The smallest absolute Gasteiger partial charge is 0.179 e. The quantitative estimate of drug-likeness (QED) is 0.798. The Hall–Kier alpha value is -1.17. The second-order valence-electron chi connectivity index (χ2n) is 4.21. The molecule has 1 N–H and O–H groups in total. The van der Waals surface area contributed by atoms with Crippen molar-refractivity contribution in [2.75, 3.05) is 18.8 Å². The Bertz CT molecular complexity index is 577. The highest BCUT2D eigenvalue weighted by Crippen LogP contribution is 2.10. The van der Waals surface area contributed by atoms with Crippen LogP contribution in [0.2, 0.25) is 0 Å². The minimum Gasteiger partial charge on any atom is -0.315 e. The molecule has 2 aromatic rings. The van der Waals surface area contributed by atoms with Crippen LogP contribution in [0.1, 0.15) is 4.88 Å². The molecular formula is C14H17NO2S2. The monoisotopic (exact) mass is 295 g/mol.